The van der Waals surface area contributed by atoms with E-state index in [1.165, 1.54) is 24.0 Å². The largest absolute Gasteiger partial charge is 0.386 e. The molecule has 0 spiro atoms. The number of aryl methyl sites for hydroxylation is 1. The first-order valence-electron chi connectivity index (χ1n) is 6.50. The highest BCUT2D eigenvalue weighted by molar-refractivity contribution is 5.27. The van der Waals surface area contributed by atoms with Crippen LogP contribution in [0.5, 0.6) is 0 Å². The molecule has 1 aliphatic rings. The Balaban J connectivity index is 1.80. The van der Waals surface area contributed by atoms with Gasteiger partial charge in [0.15, 0.2) is 0 Å². The second-order valence-electron chi connectivity index (χ2n) is 5.10. The average Bonchev–Trinajstić information content (AvgIpc) is 3.09. The van der Waals surface area contributed by atoms with Crippen LogP contribution in [-0.4, -0.2) is 14.7 Å². The first-order chi connectivity index (χ1) is 8.75. The fourth-order valence-electron chi connectivity index (χ4n) is 2.38. The van der Waals surface area contributed by atoms with Gasteiger partial charge in [-0.15, -0.1) is 0 Å². The van der Waals surface area contributed by atoms with Crippen molar-refractivity contribution in [2.45, 2.75) is 38.3 Å². The third kappa shape index (κ3) is 2.18. The molecule has 0 saturated heterocycles. The zero-order valence-corrected chi connectivity index (χ0v) is 10.6. The SMILES string of the molecule is Cc1ccccc1CC(O)c1cncn1C1CC1. The Morgan fingerprint density at radius 1 is 1.39 bits per heavy atom. The smallest absolute Gasteiger partial charge is 0.0996 e. The summed E-state index contributed by atoms with van der Waals surface area (Å²) in [5.74, 6) is 0. The first-order valence-corrected chi connectivity index (χ1v) is 6.50. The summed E-state index contributed by atoms with van der Waals surface area (Å²) in [6.45, 7) is 2.08. The standard InChI is InChI=1S/C15H18N2O/c1-11-4-2-3-5-12(11)8-15(18)14-9-16-10-17(14)13-6-7-13/h2-5,9-10,13,15,18H,6-8H2,1H3. The van der Waals surface area contributed by atoms with Crippen molar-refractivity contribution < 1.29 is 5.11 Å². The highest BCUT2D eigenvalue weighted by Crippen LogP contribution is 2.37. The predicted molar refractivity (Wildman–Crippen MR) is 70.3 cm³/mol. The van der Waals surface area contributed by atoms with Crippen molar-refractivity contribution in [3.05, 3.63) is 53.6 Å². The number of imidazole rings is 1. The Bertz CT molecular complexity index is 543. The lowest BCUT2D eigenvalue weighted by atomic mass is 10.0. The van der Waals surface area contributed by atoms with Crippen molar-refractivity contribution >= 4 is 0 Å². The Morgan fingerprint density at radius 3 is 2.89 bits per heavy atom. The molecule has 1 N–H and O–H groups in total. The minimum atomic E-state index is -0.464. The van der Waals surface area contributed by atoms with Crippen molar-refractivity contribution in [2.24, 2.45) is 0 Å². The Hall–Kier alpha value is -1.61. The summed E-state index contributed by atoms with van der Waals surface area (Å²) in [7, 11) is 0. The quantitative estimate of drug-likeness (QED) is 0.895. The van der Waals surface area contributed by atoms with E-state index in [0.717, 1.165) is 5.69 Å². The van der Waals surface area contributed by atoms with Crippen LogP contribution < -0.4 is 0 Å². The van der Waals surface area contributed by atoms with Crippen LogP contribution in [0.25, 0.3) is 0 Å². The van der Waals surface area contributed by atoms with Crippen LogP contribution >= 0.6 is 0 Å². The molecular weight excluding hydrogens is 224 g/mol. The summed E-state index contributed by atoms with van der Waals surface area (Å²) >= 11 is 0. The summed E-state index contributed by atoms with van der Waals surface area (Å²) in [6, 6.07) is 8.78. The van der Waals surface area contributed by atoms with Crippen LogP contribution in [0.15, 0.2) is 36.8 Å². The Labute approximate surface area is 107 Å². The second-order valence-corrected chi connectivity index (χ2v) is 5.10. The lowest BCUT2D eigenvalue weighted by molar-refractivity contribution is 0.168. The van der Waals surface area contributed by atoms with Gasteiger partial charge < -0.3 is 9.67 Å². The molecule has 1 unspecified atom stereocenters. The molecule has 0 bridgehead atoms. The van der Waals surface area contributed by atoms with Gasteiger partial charge in [0, 0.05) is 12.5 Å². The minimum absolute atomic E-state index is 0.464. The average molecular weight is 242 g/mol. The normalized spacial score (nSPS) is 16.8. The fourth-order valence-corrected chi connectivity index (χ4v) is 2.38. The van der Waals surface area contributed by atoms with Gasteiger partial charge in [0.05, 0.1) is 24.3 Å². The summed E-state index contributed by atoms with van der Waals surface area (Å²) in [4.78, 5) is 4.17. The topological polar surface area (TPSA) is 38.1 Å². The van der Waals surface area contributed by atoms with E-state index in [2.05, 4.69) is 28.6 Å². The molecule has 0 radical (unpaired) electrons. The van der Waals surface area contributed by atoms with E-state index < -0.39 is 6.10 Å². The van der Waals surface area contributed by atoms with Crippen LogP contribution in [0, 0.1) is 6.92 Å². The molecule has 1 saturated carbocycles. The monoisotopic (exact) mass is 242 g/mol. The Morgan fingerprint density at radius 2 is 2.17 bits per heavy atom. The summed E-state index contributed by atoms with van der Waals surface area (Å²) in [5, 5.41) is 10.4. The van der Waals surface area contributed by atoms with Gasteiger partial charge in [0.25, 0.3) is 0 Å². The third-order valence-electron chi connectivity index (χ3n) is 3.65. The van der Waals surface area contributed by atoms with Crippen molar-refractivity contribution in [3.63, 3.8) is 0 Å². The van der Waals surface area contributed by atoms with Gasteiger partial charge in [-0.05, 0) is 30.9 Å². The van der Waals surface area contributed by atoms with Gasteiger partial charge in [-0.1, -0.05) is 24.3 Å². The second kappa shape index (κ2) is 4.58. The number of rotatable bonds is 4. The van der Waals surface area contributed by atoms with E-state index in [1.807, 2.05) is 18.5 Å². The van der Waals surface area contributed by atoms with Gasteiger partial charge in [-0.2, -0.15) is 0 Å². The Kier molecular flexibility index (Phi) is 2.92. The van der Waals surface area contributed by atoms with Crippen LogP contribution in [0.3, 0.4) is 0 Å². The highest BCUT2D eigenvalue weighted by atomic mass is 16.3. The number of benzene rings is 1. The van der Waals surface area contributed by atoms with Gasteiger partial charge >= 0.3 is 0 Å². The lowest BCUT2D eigenvalue weighted by Gasteiger charge is -2.14. The van der Waals surface area contributed by atoms with Gasteiger partial charge in [0.2, 0.25) is 0 Å². The number of aliphatic hydroxyl groups is 1. The summed E-state index contributed by atoms with van der Waals surface area (Å²) < 4.78 is 2.13. The van der Waals surface area contributed by atoms with Crippen molar-refractivity contribution in [2.75, 3.05) is 0 Å². The molecule has 1 aromatic carbocycles. The van der Waals surface area contributed by atoms with E-state index in [4.69, 9.17) is 0 Å². The maximum atomic E-state index is 10.4. The molecule has 3 rings (SSSR count). The molecule has 1 aliphatic carbocycles. The highest BCUT2D eigenvalue weighted by Gasteiger charge is 2.27. The number of aliphatic hydroxyl groups excluding tert-OH is 1. The van der Waals surface area contributed by atoms with Crippen molar-refractivity contribution in [1.82, 2.24) is 9.55 Å². The molecule has 3 nitrogen and oxygen atoms in total. The number of hydrogen-bond acceptors (Lipinski definition) is 2. The summed E-state index contributed by atoms with van der Waals surface area (Å²) in [6.07, 6.45) is 6.25. The zero-order valence-electron chi connectivity index (χ0n) is 10.6. The van der Waals surface area contributed by atoms with Crippen LogP contribution in [-0.2, 0) is 6.42 Å². The van der Waals surface area contributed by atoms with E-state index in [-0.39, 0.29) is 0 Å². The molecule has 1 heterocycles. The number of aromatic nitrogens is 2. The number of nitrogens with zero attached hydrogens (tertiary/aromatic N) is 2. The molecule has 1 fully saturated rings. The third-order valence-corrected chi connectivity index (χ3v) is 3.65. The van der Waals surface area contributed by atoms with E-state index in [1.54, 1.807) is 6.20 Å². The van der Waals surface area contributed by atoms with E-state index in [9.17, 15) is 5.11 Å². The van der Waals surface area contributed by atoms with Gasteiger partial charge in [0.1, 0.15) is 0 Å². The van der Waals surface area contributed by atoms with Crippen LogP contribution in [0.1, 0.15) is 41.8 Å². The molecule has 94 valence electrons. The number of hydrogen-bond donors (Lipinski definition) is 1. The molecule has 1 atom stereocenters. The maximum absolute atomic E-state index is 10.4. The molecule has 3 heteroatoms. The molecule has 0 aliphatic heterocycles. The molecule has 2 aromatic rings. The summed E-state index contributed by atoms with van der Waals surface area (Å²) in [5.41, 5.74) is 3.38. The minimum Gasteiger partial charge on any atom is -0.386 e. The van der Waals surface area contributed by atoms with E-state index >= 15 is 0 Å². The van der Waals surface area contributed by atoms with Crippen LogP contribution in [0.2, 0.25) is 0 Å². The van der Waals surface area contributed by atoms with Gasteiger partial charge in [-0.3, -0.25) is 0 Å². The fraction of sp³-hybridized carbons (Fsp3) is 0.400. The van der Waals surface area contributed by atoms with Crippen LogP contribution in [0.4, 0.5) is 0 Å². The predicted octanol–water partition coefficient (Wildman–Crippen LogP) is 2.80. The molecular formula is C15H18N2O. The van der Waals surface area contributed by atoms with Crippen molar-refractivity contribution in [3.8, 4) is 0 Å². The van der Waals surface area contributed by atoms with Crippen molar-refractivity contribution in [1.29, 1.82) is 0 Å². The maximum Gasteiger partial charge on any atom is 0.0996 e. The lowest BCUT2D eigenvalue weighted by Crippen LogP contribution is -2.09. The zero-order chi connectivity index (χ0) is 12.5. The molecule has 1 aromatic heterocycles. The molecule has 0 amide bonds. The molecule has 18 heavy (non-hydrogen) atoms. The van der Waals surface area contributed by atoms with Gasteiger partial charge in [-0.25, -0.2) is 4.98 Å². The first kappa shape index (κ1) is 11.5. The van der Waals surface area contributed by atoms with E-state index in [0.29, 0.717) is 12.5 Å².